The number of benzene rings is 1. The molecule has 1 aromatic heterocycles. The Labute approximate surface area is 200 Å². The Bertz CT molecular complexity index is 1050. The average Bonchev–Trinajstić information content (AvgIpc) is 3.21. The molecule has 0 radical (unpaired) electrons. The molecule has 2 amide bonds. The van der Waals surface area contributed by atoms with Crippen LogP contribution in [0.15, 0.2) is 30.3 Å². The van der Waals surface area contributed by atoms with Crippen molar-refractivity contribution in [3.8, 4) is 0 Å². The number of aromatic nitrogens is 2. The monoisotopic (exact) mass is 466 g/mol. The summed E-state index contributed by atoms with van der Waals surface area (Å²) >= 11 is 0. The number of anilines is 1. The molecule has 8 nitrogen and oxygen atoms in total. The summed E-state index contributed by atoms with van der Waals surface area (Å²) < 4.78 is 6.54. The van der Waals surface area contributed by atoms with Gasteiger partial charge in [0.25, 0.3) is 5.91 Å². The van der Waals surface area contributed by atoms with Crippen LogP contribution in [-0.2, 0) is 16.1 Å². The SMILES string of the molecule is CCOC(=O)c1cc2n(n1)C[C@@](C)(C(=O)NC1CCCCCCC1)N(c1ccc(C)cc1)C2=O. The molecule has 0 bridgehead atoms. The van der Waals surface area contributed by atoms with Crippen LogP contribution in [0.3, 0.4) is 0 Å². The lowest BCUT2D eigenvalue weighted by atomic mass is 9.91. The minimum Gasteiger partial charge on any atom is -0.461 e. The molecule has 1 saturated carbocycles. The largest absolute Gasteiger partial charge is 0.461 e. The molecule has 4 rings (SSSR count). The standard InChI is InChI=1S/C26H34N4O4/c1-4-34-24(32)21-16-22-23(31)30(20-14-12-18(2)13-15-20)26(3,17-29(22)28-21)25(33)27-19-10-8-6-5-7-9-11-19/h12-16,19H,4-11,17H2,1-3H3,(H,27,33)/t26-/m0/s1. The molecule has 1 aromatic carbocycles. The minimum absolute atomic E-state index is 0.0683. The van der Waals surface area contributed by atoms with Gasteiger partial charge in [0.2, 0.25) is 5.91 Å². The van der Waals surface area contributed by atoms with Gasteiger partial charge in [0.15, 0.2) is 5.69 Å². The summed E-state index contributed by atoms with van der Waals surface area (Å²) in [5.41, 5.74) is 0.817. The predicted octanol–water partition coefficient (Wildman–Crippen LogP) is 4.02. The number of nitrogens with one attached hydrogen (secondary N) is 1. The summed E-state index contributed by atoms with van der Waals surface area (Å²) in [4.78, 5) is 41.4. The second kappa shape index (κ2) is 9.99. The first-order valence-corrected chi connectivity index (χ1v) is 12.3. The van der Waals surface area contributed by atoms with Gasteiger partial charge in [-0.25, -0.2) is 4.79 Å². The van der Waals surface area contributed by atoms with Crippen LogP contribution < -0.4 is 10.2 Å². The Morgan fingerprint density at radius 1 is 1.12 bits per heavy atom. The highest BCUT2D eigenvalue weighted by atomic mass is 16.5. The first kappa shape index (κ1) is 24.0. The number of hydrogen-bond donors (Lipinski definition) is 1. The molecule has 0 saturated heterocycles. The van der Waals surface area contributed by atoms with Gasteiger partial charge in [0, 0.05) is 17.8 Å². The van der Waals surface area contributed by atoms with E-state index in [4.69, 9.17) is 4.74 Å². The van der Waals surface area contributed by atoms with E-state index in [1.165, 1.54) is 30.0 Å². The van der Waals surface area contributed by atoms with Crippen molar-refractivity contribution in [1.82, 2.24) is 15.1 Å². The predicted molar refractivity (Wildman–Crippen MR) is 129 cm³/mol. The number of aryl methyl sites for hydroxylation is 1. The molecular weight excluding hydrogens is 432 g/mol. The summed E-state index contributed by atoms with van der Waals surface area (Å²) in [6, 6.07) is 9.10. The fourth-order valence-corrected chi connectivity index (χ4v) is 4.93. The van der Waals surface area contributed by atoms with Crippen LogP contribution in [-0.4, -0.2) is 45.8 Å². The van der Waals surface area contributed by atoms with Gasteiger partial charge in [0.05, 0.1) is 13.2 Å². The summed E-state index contributed by atoms with van der Waals surface area (Å²) in [6.45, 7) is 5.82. The first-order valence-electron chi connectivity index (χ1n) is 12.3. The average molecular weight is 467 g/mol. The van der Waals surface area contributed by atoms with Crippen LogP contribution in [0.2, 0.25) is 0 Å². The third-order valence-electron chi connectivity index (χ3n) is 6.86. The Morgan fingerprint density at radius 3 is 2.41 bits per heavy atom. The maximum absolute atomic E-state index is 13.8. The van der Waals surface area contributed by atoms with E-state index in [1.54, 1.807) is 18.7 Å². The second-order valence-electron chi connectivity index (χ2n) is 9.56. The number of hydrogen-bond acceptors (Lipinski definition) is 5. The molecule has 2 aromatic rings. The quantitative estimate of drug-likeness (QED) is 0.672. The summed E-state index contributed by atoms with van der Waals surface area (Å²) in [5.74, 6) is -1.15. The van der Waals surface area contributed by atoms with Crippen molar-refractivity contribution in [1.29, 1.82) is 0 Å². The van der Waals surface area contributed by atoms with Crippen LogP contribution in [0.4, 0.5) is 5.69 Å². The normalized spacial score (nSPS) is 21.4. The number of fused-ring (bicyclic) bond motifs is 1. The van der Waals surface area contributed by atoms with Gasteiger partial charge in [-0.1, -0.05) is 49.8 Å². The fourth-order valence-electron chi connectivity index (χ4n) is 4.93. The zero-order valence-electron chi connectivity index (χ0n) is 20.3. The van der Waals surface area contributed by atoms with Crippen molar-refractivity contribution in [2.45, 2.75) is 83.8 Å². The molecule has 0 spiro atoms. The maximum atomic E-state index is 13.8. The number of esters is 1. The van der Waals surface area contributed by atoms with Crippen molar-refractivity contribution >= 4 is 23.5 Å². The summed E-state index contributed by atoms with van der Waals surface area (Å²) in [6.07, 6.45) is 7.69. The molecule has 2 heterocycles. The van der Waals surface area contributed by atoms with E-state index < -0.39 is 11.5 Å². The highest BCUT2D eigenvalue weighted by Gasteiger charge is 2.49. The Hall–Kier alpha value is -3.16. The highest BCUT2D eigenvalue weighted by molar-refractivity contribution is 6.12. The lowest BCUT2D eigenvalue weighted by Gasteiger charge is -2.43. The molecule has 1 N–H and O–H groups in total. The van der Waals surface area contributed by atoms with E-state index >= 15 is 0 Å². The van der Waals surface area contributed by atoms with E-state index in [2.05, 4.69) is 10.4 Å². The molecule has 8 heteroatoms. The molecule has 182 valence electrons. The van der Waals surface area contributed by atoms with Crippen LogP contribution in [0.25, 0.3) is 0 Å². The van der Waals surface area contributed by atoms with Crippen molar-refractivity contribution in [3.63, 3.8) is 0 Å². The topological polar surface area (TPSA) is 93.5 Å². The Balaban J connectivity index is 1.70. The molecular formula is C26H34N4O4. The molecule has 0 unspecified atom stereocenters. The van der Waals surface area contributed by atoms with Crippen molar-refractivity contribution < 1.29 is 19.1 Å². The number of carbonyl (C=O) groups is 3. The number of carbonyl (C=O) groups excluding carboxylic acids is 3. The van der Waals surface area contributed by atoms with Gasteiger partial charge >= 0.3 is 5.97 Å². The molecule has 1 aliphatic carbocycles. The first-order chi connectivity index (χ1) is 16.3. The summed E-state index contributed by atoms with van der Waals surface area (Å²) in [7, 11) is 0. The van der Waals surface area contributed by atoms with Crippen LogP contribution in [0, 0.1) is 6.92 Å². The van der Waals surface area contributed by atoms with Crippen LogP contribution >= 0.6 is 0 Å². The second-order valence-corrected chi connectivity index (χ2v) is 9.56. The van der Waals surface area contributed by atoms with E-state index in [1.807, 2.05) is 31.2 Å². The molecule has 1 atom stereocenters. The van der Waals surface area contributed by atoms with Gasteiger partial charge in [-0.2, -0.15) is 5.10 Å². The van der Waals surface area contributed by atoms with E-state index in [-0.39, 0.29) is 42.4 Å². The molecule has 1 fully saturated rings. The van der Waals surface area contributed by atoms with Crippen LogP contribution in [0.5, 0.6) is 0 Å². The van der Waals surface area contributed by atoms with E-state index in [0.717, 1.165) is 31.2 Å². The summed E-state index contributed by atoms with van der Waals surface area (Å²) in [5, 5.41) is 7.57. The van der Waals surface area contributed by atoms with E-state index in [9.17, 15) is 14.4 Å². The zero-order chi connectivity index (χ0) is 24.3. The third kappa shape index (κ3) is 4.72. The van der Waals surface area contributed by atoms with Crippen molar-refractivity contribution in [2.24, 2.45) is 0 Å². The number of nitrogens with zero attached hydrogens (tertiary/aromatic N) is 3. The third-order valence-corrected chi connectivity index (χ3v) is 6.86. The number of amides is 2. The van der Waals surface area contributed by atoms with Gasteiger partial charge in [0.1, 0.15) is 11.2 Å². The minimum atomic E-state index is -1.21. The van der Waals surface area contributed by atoms with Crippen molar-refractivity contribution in [2.75, 3.05) is 11.5 Å². The van der Waals surface area contributed by atoms with Crippen molar-refractivity contribution in [3.05, 3.63) is 47.3 Å². The smallest absolute Gasteiger partial charge is 0.358 e. The molecule has 34 heavy (non-hydrogen) atoms. The van der Waals surface area contributed by atoms with E-state index in [0.29, 0.717) is 5.69 Å². The van der Waals surface area contributed by atoms with Gasteiger partial charge in [-0.3, -0.25) is 19.2 Å². The lowest BCUT2D eigenvalue weighted by molar-refractivity contribution is -0.127. The lowest BCUT2D eigenvalue weighted by Crippen LogP contribution is -2.65. The van der Waals surface area contributed by atoms with Gasteiger partial charge < -0.3 is 10.1 Å². The molecule has 2 aliphatic rings. The zero-order valence-corrected chi connectivity index (χ0v) is 20.3. The molecule has 1 aliphatic heterocycles. The van der Waals surface area contributed by atoms with Crippen LogP contribution in [0.1, 0.15) is 85.3 Å². The Morgan fingerprint density at radius 2 is 1.76 bits per heavy atom. The van der Waals surface area contributed by atoms with Gasteiger partial charge in [-0.15, -0.1) is 0 Å². The van der Waals surface area contributed by atoms with Gasteiger partial charge in [-0.05, 0) is 45.7 Å². The Kier molecular flexibility index (Phi) is 7.05. The fraction of sp³-hybridized carbons (Fsp3) is 0.538. The maximum Gasteiger partial charge on any atom is 0.358 e. The number of ether oxygens (including phenoxy) is 1. The highest BCUT2D eigenvalue weighted by Crippen LogP contribution is 2.33. The number of rotatable bonds is 5.